The fraction of sp³-hybridized carbons (Fsp3) is 0.0909. The van der Waals surface area contributed by atoms with Gasteiger partial charge in [-0.2, -0.15) is 4.98 Å². The molecule has 0 bridgehead atoms. The largest absolute Gasteiger partial charge is 0.395 e. The first-order chi connectivity index (χ1) is 8.11. The third-order valence-electron chi connectivity index (χ3n) is 2.15. The second-order valence-electron chi connectivity index (χ2n) is 3.29. The van der Waals surface area contributed by atoms with Crippen molar-refractivity contribution in [3.63, 3.8) is 0 Å². The molecule has 0 aliphatic carbocycles. The SMILES string of the molecule is C/C=C(/N)c1nc(-c2cc(F)ccc2F)no1. The normalized spacial score (nSPS) is 11.8. The average Bonchev–Trinajstić information content (AvgIpc) is 2.80. The van der Waals surface area contributed by atoms with E-state index in [-0.39, 0.29) is 23.0 Å². The van der Waals surface area contributed by atoms with E-state index in [1.807, 2.05) is 0 Å². The molecule has 0 aliphatic rings. The summed E-state index contributed by atoms with van der Waals surface area (Å²) in [5.74, 6) is -1.17. The van der Waals surface area contributed by atoms with Gasteiger partial charge in [-0.1, -0.05) is 11.2 Å². The number of hydrogen-bond donors (Lipinski definition) is 1. The van der Waals surface area contributed by atoms with E-state index in [1.54, 1.807) is 13.0 Å². The molecule has 1 aromatic heterocycles. The number of nitrogens with two attached hydrogens (primary N) is 1. The van der Waals surface area contributed by atoms with Crippen LogP contribution < -0.4 is 5.73 Å². The van der Waals surface area contributed by atoms with Crippen LogP contribution in [0.3, 0.4) is 0 Å². The summed E-state index contributed by atoms with van der Waals surface area (Å²) >= 11 is 0. The highest BCUT2D eigenvalue weighted by Gasteiger charge is 2.14. The summed E-state index contributed by atoms with van der Waals surface area (Å²) in [4.78, 5) is 3.88. The van der Waals surface area contributed by atoms with Crippen LogP contribution in [0.15, 0.2) is 28.8 Å². The van der Waals surface area contributed by atoms with Crippen LogP contribution in [0.25, 0.3) is 17.1 Å². The highest BCUT2D eigenvalue weighted by Crippen LogP contribution is 2.21. The fourth-order valence-corrected chi connectivity index (χ4v) is 1.24. The number of hydrogen-bond acceptors (Lipinski definition) is 4. The Bertz CT molecular complexity index is 578. The molecule has 0 aliphatic heterocycles. The van der Waals surface area contributed by atoms with Crippen LogP contribution in [0.5, 0.6) is 0 Å². The predicted molar refractivity (Wildman–Crippen MR) is 57.5 cm³/mol. The molecule has 0 amide bonds. The Kier molecular flexibility index (Phi) is 2.86. The zero-order chi connectivity index (χ0) is 12.4. The van der Waals surface area contributed by atoms with Crippen LogP contribution in [-0.4, -0.2) is 10.1 Å². The zero-order valence-corrected chi connectivity index (χ0v) is 8.95. The van der Waals surface area contributed by atoms with Crippen molar-refractivity contribution in [2.24, 2.45) is 5.73 Å². The number of benzene rings is 1. The van der Waals surface area contributed by atoms with Gasteiger partial charge >= 0.3 is 0 Å². The first-order valence-electron chi connectivity index (χ1n) is 4.83. The van der Waals surface area contributed by atoms with E-state index in [0.29, 0.717) is 0 Å². The topological polar surface area (TPSA) is 64.9 Å². The number of rotatable bonds is 2. The molecular formula is C11H9F2N3O. The van der Waals surface area contributed by atoms with Crippen LogP contribution in [0, 0.1) is 11.6 Å². The molecule has 0 saturated heterocycles. The lowest BCUT2D eigenvalue weighted by atomic mass is 10.2. The van der Waals surface area contributed by atoms with E-state index in [0.717, 1.165) is 18.2 Å². The van der Waals surface area contributed by atoms with Crippen molar-refractivity contribution in [2.45, 2.75) is 6.92 Å². The molecule has 0 fully saturated rings. The van der Waals surface area contributed by atoms with E-state index in [2.05, 4.69) is 10.1 Å². The third kappa shape index (κ3) is 2.15. The average molecular weight is 237 g/mol. The van der Waals surface area contributed by atoms with Gasteiger partial charge in [-0.15, -0.1) is 0 Å². The van der Waals surface area contributed by atoms with Crippen LogP contribution >= 0.6 is 0 Å². The Morgan fingerprint density at radius 2 is 2.18 bits per heavy atom. The number of allylic oxidation sites excluding steroid dienone is 1. The van der Waals surface area contributed by atoms with Crippen molar-refractivity contribution >= 4 is 5.70 Å². The smallest absolute Gasteiger partial charge is 0.273 e. The fourth-order valence-electron chi connectivity index (χ4n) is 1.24. The Morgan fingerprint density at radius 3 is 2.88 bits per heavy atom. The van der Waals surface area contributed by atoms with Gasteiger partial charge in [-0.25, -0.2) is 8.78 Å². The lowest BCUT2D eigenvalue weighted by molar-refractivity contribution is 0.407. The molecule has 88 valence electrons. The molecular weight excluding hydrogens is 228 g/mol. The highest BCUT2D eigenvalue weighted by molar-refractivity contribution is 5.59. The van der Waals surface area contributed by atoms with Crippen LogP contribution in [-0.2, 0) is 0 Å². The van der Waals surface area contributed by atoms with Gasteiger partial charge in [0.2, 0.25) is 5.82 Å². The molecule has 1 heterocycles. The lowest BCUT2D eigenvalue weighted by Crippen LogP contribution is -1.95. The van der Waals surface area contributed by atoms with Gasteiger partial charge in [-0.3, -0.25) is 0 Å². The van der Waals surface area contributed by atoms with Crippen LogP contribution in [0.4, 0.5) is 8.78 Å². The van der Waals surface area contributed by atoms with Crippen molar-refractivity contribution in [3.8, 4) is 11.4 Å². The summed E-state index contributed by atoms with van der Waals surface area (Å²) < 4.78 is 31.2. The van der Waals surface area contributed by atoms with E-state index < -0.39 is 11.6 Å². The minimum absolute atomic E-state index is 0.0400. The summed E-state index contributed by atoms with van der Waals surface area (Å²) in [6.07, 6.45) is 1.57. The Morgan fingerprint density at radius 1 is 1.41 bits per heavy atom. The third-order valence-corrected chi connectivity index (χ3v) is 2.15. The maximum atomic E-state index is 13.4. The molecule has 0 unspecified atom stereocenters. The van der Waals surface area contributed by atoms with E-state index in [9.17, 15) is 8.78 Å². The number of aromatic nitrogens is 2. The Balaban J connectivity index is 2.47. The van der Waals surface area contributed by atoms with Crippen molar-refractivity contribution in [3.05, 3.63) is 41.8 Å². The van der Waals surface area contributed by atoms with Gasteiger partial charge in [0, 0.05) is 0 Å². The van der Waals surface area contributed by atoms with E-state index in [4.69, 9.17) is 10.3 Å². The second-order valence-corrected chi connectivity index (χ2v) is 3.29. The zero-order valence-electron chi connectivity index (χ0n) is 8.95. The lowest BCUT2D eigenvalue weighted by Gasteiger charge is -1.96. The molecule has 0 radical (unpaired) electrons. The minimum Gasteiger partial charge on any atom is -0.395 e. The molecule has 6 heteroatoms. The maximum Gasteiger partial charge on any atom is 0.273 e. The molecule has 0 saturated carbocycles. The summed E-state index contributed by atoms with van der Waals surface area (Å²) in [6, 6.07) is 3.01. The molecule has 2 aromatic rings. The second kappa shape index (κ2) is 4.32. The summed E-state index contributed by atoms with van der Waals surface area (Å²) in [7, 11) is 0. The van der Waals surface area contributed by atoms with Gasteiger partial charge in [0.15, 0.2) is 0 Å². The molecule has 4 nitrogen and oxygen atoms in total. The van der Waals surface area contributed by atoms with E-state index in [1.165, 1.54) is 0 Å². The predicted octanol–water partition coefficient (Wildman–Crippen LogP) is 2.33. The van der Waals surface area contributed by atoms with Crippen molar-refractivity contribution in [2.75, 3.05) is 0 Å². The van der Waals surface area contributed by atoms with Gasteiger partial charge < -0.3 is 10.3 Å². The van der Waals surface area contributed by atoms with E-state index >= 15 is 0 Å². The monoisotopic (exact) mass is 237 g/mol. The highest BCUT2D eigenvalue weighted by atomic mass is 19.1. The summed E-state index contributed by atoms with van der Waals surface area (Å²) in [5.41, 5.74) is 5.76. The summed E-state index contributed by atoms with van der Waals surface area (Å²) in [5, 5.41) is 3.54. The molecule has 17 heavy (non-hydrogen) atoms. The quantitative estimate of drug-likeness (QED) is 0.870. The molecule has 1 aromatic carbocycles. The van der Waals surface area contributed by atoms with Gasteiger partial charge in [0.1, 0.15) is 11.6 Å². The first-order valence-corrected chi connectivity index (χ1v) is 4.83. The Labute approximate surface area is 95.7 Å². The molecule has 0 atom stereocenters. The maximum absolute atomic E-state index is 13.4. The van der Waals surface area contributed by atoms with Crippen LogP contribution in [0.1, 0.15) is 12.8 Å². The minimum atomic E-state index is -0.627. The molecule has 2 N–H and O–H groups in total. The molecule has 0 spiro atoms. The molecule has 2 rings (SSSR count). The number of halogens is 2. The van der Waals surface area contributed by atoms with Crippen molar-refractivity contribution < 1.29 is 13.3 Å². The van der Waals surface area contributed by atoms with Gasteiger partial charge in [-0.05, 0) is 25.1 Å². The standard InChI is InChI=1S/C11H9F2N3O/c1-2-9(14)11-15-10(16-17-11)7-5-6(12)3-4-8(7)13/h2-5H,14H2,1H3/b9-2+. The van der Waals surface area contributed by atoms with Crippen LogP contribution in [0.2, 0.25) is 0 Å². The summed E-state index contributed by atoms with van der Waals surface area (Å²) in [6.45, 7) is 1.70. The number of nitrogens with zero attached hydrogens (tertiary/aromatic N) is 2. The first kappa shape index (κ1) is 11.3. The van der Waals surface area contributed by atoms with Crippen molar-refractivity contribution in [1.82, 2.24) is 10.1 Å². The van der Waals surface area contributed by atoms with Gasteiger partial charge in [0.25, 0.3) is 5.89 Å². The van der Waals surface area contributed by atoms with Crippen molar-refractivity contribution in [1.29, 1.82) is 0 Å². The van der Waals surface area contributed by atoms with Gasteiger partial charge in [0.05, 0.1) is 11.3 Å². The Hall–Kier alpha value is -2.24.